The summed E-state index contributed by atoms with van der Waals surface area (Å²) in [7, 11) is 0. The van der Waals surface area contributed by atoms with Crippen LogP contribution in [0.5, 0.6) is 0 Å². The van der Waals surface area contributed by atoms with Gasteiger partial charge in [0, 0.05) is 17.6 Å². The Morgan fingerprint density at radius 1 is 1.59 bits per heavy atom. The average Bonchev–Trinajstić information content (AvgIpc) is 2.84. The molecule has 0 spiro atoms. The van der Waals surface area contributed by atoms with E-state index in [2.05, 4.69) is 15.6 Å². The summed E-state index contributed by atoms with van der Waals surface area (Å²) in [6.07, 6.45) is 2.63. The number of aliphatic hydroxyl groups excluding tert-OH is 1. The molecule has 1 aliphatic rings. The van der Waals surface area contributed by atoms with Gasteiger partial charge in [-0.15, -0.1) is 11.3 Å². The fraction of sp³-hybridized carbons (Fsp3) is 0.727. The number of aliphatic hydroxyl groups is 2. The Morgan fingerprint density at radius 3 is 2.82 bits per heavy atom. The van der Waals surface area contributed by atoms with Crippen molar-refractivity contribution in [2.45, 2.75) is 37.6 Å². The molecule has 1 fully saturated rings. The zero-order chi connectivity index (χ0) is 12.3. The zero-order valence-corrected chi connectivity index (χ0v) is 10.7. The summed E-state index contributed by atoms with van der Waals surface area (Å²) in [6.45, 7) is 3.45. The van der Waals surface area contributed by atoms with Crippen LogP contribution in [0.15, 0.2) is 11.6 Å². The molecule has 2 rings (SSSR count). The van der Waals surface area contributed by atoms with E-state index in [1.807, 2.05) is 0 Å². The van der Waals surface area contributed by atoms with Crippen molar-refractivity contribution in [1.29, 1.82) is 0 Å². The molecule has 0 radical (unpaired) electrons. The van der Waals surface area contributed by atoms with E-state index in [0.29, 0.717) is 5.01 Å². The molecule has 2 heterocycles. The third-order valence-electron chi connectivity index (χ3n) is 3.13. The van der Waals surface area contributed by atoms with Crippen LogP contribution >= 0.6 is 11.3 Å². The maximum Gasteiger partial charge on any atom is 0.195 e. The standard InChI is InChI=1S/C11H19N3O2S/c1-8(15)11(16,10-13-6-7-17-10)14-9-2-4-12-5-3-9/h6-9,12,14-16H,2-5H2,1H3. The minimum Gasteiger partial charge on any atom is -0.388 e. The van der Waals surface area contributed by atoms with Crippen LogP contribution in [0.1, 0.15) is 24.8 Å². The molecular formula is C11H19N3O2S. The lowest BCUT2D eigenvalue weighted by atomic mass is 10.0. The first-order valence-corrected chi connectivity index (χ1v) is 6.79. The summed E-state index contributed by atoms with van der Waals surface area (Å²) in [5.41, 5.74) is -1.43. The van der Waals surface area contributed by atoms with Gasteiger partial charge in [-0.05, 0) is 32.9 Å². The summed E-state index contributed by atoms with van der Waals surface area (Å²) in [6, 6.07) is 0.208. The molecule has 2 atom stereocenters. The number of hydrogen-bond acceptors (Lipinski definition) is 6. The largest absolute Gasteiger partial charge is 0.388 e. The number of nitrogens with zero attached hydrogens (tertiary/aromatic N) is 1. The summed E-state index contributed by atoms with van der Waals surface area (Å²) >= 11 is 1.35. The van der Waals surface area contributed by atoms with Crippen LogP contribution in [0.25, 0.3) is 0 Å². The van der Waals surface area contributed by atoms with E-state index in [1.54, 1.807) is 18.5 Å². The van der Waals surface area contributed by atoms with E-state index >= 15 is 0 Å². The van der Waals surface area contributed by atoms with Crippen molar-refractivity contribution in [2.75, 3.05) is 13.1 Å². The minimum absolute atomic E-state index is 0.208. The molecule has 1 saturated heterocycles. The molecule has 5 nitrogen and oxygen atoms in total. The van der Waals surface area contributed by atoms with Crippen LogP contribution in [-0.4, -0.2) is 40.4 Å². The fourth-order valence-electron chi connectivity index (χ4n) is 2.05. The highest BCUT2D eigenvalue weighted by atomic mass is 32.1. The van der Waals surface area contributed by atoms with Gasteiger partial charge in [-0.25, -0.2) is 4.98 Å². The molecule has 6 heteroatoms. The van der Waals surface area contributed by atoms with E-state index < -0.39 is 11.8 Å². The van der Waals surface area contributed by atoms with Crippen LogP contribution in [0, 0.1) is 0 Å². The summed E-state index contributed by atoms with van der Waals surface area (Å²) in [5.74, 6) is 0. The number of hydrogen-bond donors (Lipinski definition) is 4. The predicted octanol–water partition coefficient (Wildman–Crippen LogP) is 0.0106. The topological polar surface area (TPSA) is 77.4 Å². The highest BCUT2D eigenvalue weighted by Gasteiger charge is 2.39. The van der Waals surface area contributed by atoms with Crippen LogP contribution in [-0.2, 0) is 5.72 Å². The monoisotopic (exact) mass is 257 g/mol. The molecule has 0 bridgehead atoms. The summed E-state index contributed by atoms with van der Waals surface area (Å²) in [5, 5.41) is 29.1. The van der Waals surface area contributed by atoms with Gasteiger partial charge in [0.2, 0.25) is 0 Å². The third-order valence-corrected chi connectivity index (χ3v) is 4.02. The van der Waals surface area contributed by atoms with Gasteiger partial charge in [0.1, 0.15) is 11.1 Å². The molecule has 0 amide bonds. The van der Waals surface area contributed by atoms with Crippen molar-refractivity contribution >= 4 is 11.3 Å². The molecule has 17 heavy (non-hydrogen) atoms. The van der Waals surface area contributed by atoms with E-state index in [4.69, 9.17) is 0 Å². The van der Waals surface area contributed by atoms with Gasteiger partial charge in [0.15, 0.2) is 5.72 Å². The lowest BCUT2D eigenvalue weighted by Gasteiger charge is -2.36. The maximum atomic E-state index is 10.6. The summed E-state index contributed by atoms with van der Waals surface area (Å²) < 4.78 is 0. The van der Waals surface area contributed by atoms with E-state index in [-0.39, 0.29) is 6.04 Å². The normalized spacial score (nSPS) is 23.2. The van der Waals surface area contributed by atoms with Gasteiger partial charge in [-0.3, -0.25) is 5.32 Å². The predicted molar refractivity (Wildman–Crippen MR) is 66.7 cm³/mol. The quantitative estimate of drug-likeness (QED) is 0.572. The Kier molecular flexibility index (Phi) is 4.11. The smallest absolute Gasteiger partial charge is 0.195 e. The molecule has 0 saturated carbocycles. The second-order valence-electron chi connectivity index (χ2n) is 4.45. The first-order valence-electron chi connectivity index (χ1n) is 5.92. The fourth-order valence-corrected chi connectivity index (χ4v) is 2.83. The lowest BCUT2D eigenvalue weighted by molar-refractivity contribution is -0.106. The first kappa shape index (κ1) is 12.9. The van der Waals surface area contributed by atoms with Crippen molar-refractivity contribution in [3.63, 3.8) is 0 Å². The number of aromatic nitrogens is 1. The van der Waals surface area contributed by atoms with Crippen LogP contribution < -0.4 is 10.6 Å². The van der Waals surface area contributed by atoms with Gasteiger partial charge in [-0.2, -0.15) is 0 Å². The van der Waals surface area contributed by atoms with Crippen LogP contribution in [0.4, 0.5) is 0 Å². The highest BCUT2D eigenvalue weighted by molar-refractivity contribution is 7.09. The Balaban J connectivity index is 2.11. The maximum absolute atomic E-state index is 10.6. The SMILES string of the molecule is CC(O)C(O)(NC1CCNCC1)c1nccs1. The average molecular weight is 257 g/mol. The van der Waals surface area contributed by atoms with E-state index in [0.717, 1.165) is 25.9 Å². The van der Waals surface area contributed by atoms with Gasteiger partial charge in [0.25, 0.3) is 0 Å². The van der Waals surface area contributed by atoms with Gasteiger partial charge in [-0.1, -0.05) is 0 Å². The molecule has 0 aromatic carbocycles. The second kappa shape index (κ2) is 5.41. The van der Waals surface area contributed by atoms with Gasteiger partial charge >= 0.3 is 0 Å². The highest BCUT2D eigenvalue weighted by Crippen LogP contribution is 2.26. The van der Waals surface area contributed by atoms with Gasteiger partial charge < -0.3 is 15.5 Å². The number of nitrogens with one attached hydrogen (secondary N) is 2. The van der Waals surface area contributed by atoms with E-state index in [1.165, 1.54) is 11.3 Å². The Morgan fingerprint density at radius 2 is 2.29 bits per heavy atom. The molecule has 96 valence electrons. The van der Waals surface area contributed by atoms with E-state index in [9.17, 15) is 10.2 Å². The molecule has 1 aromatic heterocycles. The second-order valence-corrected chi connectivity index (χ2v) is 5.34. The van der Waals surface area contributed by atoms with Gasteiger partial charge in [0.05, 0.1) is 0 Å². The third kappa shape index (κ3) is 2.83. The Labute approximate surface area is 105 Å². The summed E-state index contributed by atoms with van der Waals surface area (Å²) in [4.78, 5) is 4.11. The van der Waals surface area contributed by atoms with Crippen molar-refractivity contribution in [1.82, 2.24) is 15.6 Å². The molecular weight excluding hydrogens is 238 g/mol. The number of piperidine rings is 1. The van der Waals surface area contributed by atoms with Crippen LogP contribution in [0.3, 0.4) is 0 Å². The van der Waals surface area contributed by atoms with Crippen molar-refractivity contribution in [3.05, 3.63) is 16.6 Å². The van der Waals surface area contributed by atoms with Crippen molar-refractivity contribution in [2.24, 2.45) is 0 Å². The number of rotatable bonds is 4. The number of thiazole rings is 1. The molecule has 1 aromatic rings. The lowest BCUT2D eigenvalue weighted by Crippen LogP contribution is -2.56. The Bertz CT molecular complexity index is 338. The molecule has 0 aliphatic carbocycles. The van der Waals surface area contributed by atoms with Crippen LogP contribution in [0.2, 0.25) is 0 Å². The molecule has 2 unspecified atom stereocenters. The minimum atomic E-state index is -1.43. The Hall–Kier alpha value is -0.530. The molecule has 1 aliphatic heterocycles. The van der Waals surface area contributed by atoms with Crippen molar-refractivity contribution < 1.29 is 10.2 Å². The van der Waals surface area contributed by atoms with Crippen molar-refractivity contribution in [3.8, 4) is 0 Å². The zero-order valence-electron chi connectivity index (χ0n) is 9.89. The first-order chi connectivity index (χ1) is 8.13. The molecule has 4 N–H and O–H groups in total.